The van der Waals surface area contributed by atoms with Gasteiger partial charge in [0.05, 0.1) is 25.9 Å². The van der Waals surface area contributed by atoms with E-state index in [9.17, 15) is 14.0 Å². The Labute approximate surface area is 287 Å². The van der Waals surface area contributed by atoms with Gasteiger partial charge in [-0.2, -0.15) is 0 Å². The van der Waals surface area contributed by atoms with Crippen molar-refractivity contribution < 1.29 is 32.9 Å². The van der Waals surface area contributed by atoms with Gasteiger partial charge >= 0.3 is 5.97 Å². The lowest BCUT2D eigenvalue weighted by Crippen LogP contribution is -2.32. The molecule has 0 spiro atoms. The minimum atomic E-state index is -0.821. The first-order valence-electron chi connectivity index (χ1n) is 16.5. The highest BCUT2D eigenvalue weighted by atomic mass is 19.1. The second kappa shape index (κ2) is 16.7. The number of ketones is 1. The third-order valence-corrected chi connectivity index (χ3v) is 8.31. The predicted molar refractivity (Wildman–Crippen MR) is 190 cm³/mol. The van der Waals surface area contributed by atoms with Crippen LogP contribution in [0, 0.1) is 5.82 Å². The smallest absolute Gasteiger partial charge is 0.338 e. The molecule has 49 heavy (non-hydrogen) atoms. The van der Waals surface area contributed by atoms with E-state index in [1.165, 1.54) is 19.2 Å². The molecule has 7 heteroatoms. The summed E-state index contributed by atoms with van der Waals surface area (Å²) >= 11 is 0. The zero-order valence-corrected chi connectivity index (χ0v) is 28.1. The minimum absolute atomic E-state index is 0.228. The summed E-state index contributed by atoms with van der Waals surface area (Å²) in [5, 5.41) is 0. The number of benzene rings is 4. The molecule has 0 saturated heterocycles. The summed E-state index contributed by atoms with van der Waals surface area (Å²) in [6.45, 7) is 5.12. The van der Waals surface area contributed by atoms with Gasteiger partial charge in [-0.25, -0.2) is 9.18 Å². The van der Waals surface area contributed by atoms with E-state index in [0.717, 1.165) is 34.4 Å². The summed E-state index contributed by atoms with van der Waals surface area (Å²) in [6, 6.07) is 27.0. The number of Topliss-reactive ketones (excluding diaryl/α,β-unsaturated/α-hetero) is 1. The average molecular weight is 661 g/mol. The maximum Gasteiger partial charge on any atom is 0.338 e. The van der Waals surface area contributed by atoms with Gasteiger partial charge in [0.2, 0.25) is 0 Å². The third-order valence-electron chi connectivity index (χ3n) is 8.31. The topological polar surface area (TPSA) is 71.1 Å². The van der Waals surface area contributed by atoms with Crippen LogP contribution in [0.4, 0.5) is 4.39 Å². The quantitative estimate of drug-likeness (QED) is 0.0548. The predicted octanol–water partition coefficient (Wildman–Crippen LogP) is 9.29. The molecule has 5 rings (SSSR count). The van der Waals surface area contributed by atoms with Crippen LogP contribution in [-0.4, -0.2) is 37.7 Å². The first kappa shape index (κ1) is 35.0. The lowest BCUT2D eigenvalue weighted by molar-refractivity contribution is 0.0202. The van der Waals surface area contributed by atoms with Crippen molar-refractivity contribution in [1.82, 2.24) is 0 Å². The summed E-state index contributed by atoms with van der Waals surface area (Å²) < 4.78 is 37.7. The average Bonchev–Trinajstić information content (AvgIpc) is 3.14. The molecule has 4 aromatic carbocycles. The van der Waals surface area contributed by atoms with E-state index in [0.29, 0.717) is 49.5 Å². The van der Waals surface area contributed by atoms with Crippen molar-refractivity contribution in [3.63, 3.8) is 0 Å². The van der Waals surface area contributed by atoms with E-state index in [1.807, 2.05) is 67.6 Å². The highest BCUT2D eigenvalue weighted by Crippen LogP contribution is 2.38. The minimum Gasteiger partial charge on any atom is -0.493 e. The number of esters is 1. The van der Waals surface area contributed by atoms with Gasteiger partial charge in [0.1, 0.15) is 29.5 Å². The largest absolute Gasteiger partial charge is 0.493 e. The van der Waals surface area contributed by atoms with E-state index in [1.54, 1.807) is 42.5 Å². The van der Waals surface area contributed by atoms with Crippen LogP contribution < -0.4 is 9.47 Å². The van der Waals surface area contributed by atoms with Crippen molar-refractivity contribution in [3.05, 3.63) is 155 Å². The highest BCUT2D eigenvalue weighted by Gasteiger charge is 2.32. The second-order valence-electron chi connectivity index (χ2n) is 11.7. The Morgan fingerprint density at radius 3 is 2.33 bits per heavy atom. The van der Waals surface area contributed by atoms with Crippen molar-refractivity contribution in [1.29, 1.82) is 0 Å². The molecule has 0 saturated carbocycles. The number of halogens is 1. The van der Waals surface area contributed by atoms with E-state index in [-0.39, 0.29) is 17.2 Å². The molecule has 252 valence electrons. The molecule has 1 aliphatic rings. The first-order valence-corrected chi connectivity index (χ1v) is 16.5. The molecule has 1 unspecified atom stereocenters. The van der Waals surface area contributed by atoms with Crippen LogP contribution in [0.15, 0.2) is 127 Å². The molecule has 6 nitrogen and oxygen atoms in total. The van der Waals surface area contributed by atoms with E-state index < -0.39 is 11.6 Å². The Hall–Kier alpha value is -5.27. The number of allylic oxidation sites excluding steroid dienone is 3. The number of ether oxygens (including phenoxy) is 4. The number of carbonyl (C=O) groups is 2. The zero-order valence-electron chi connectivity index (χ0n) is 28.1. The first-order chi connectivity index (χ1) is 23.9. The fraction of sp³-hybridized carbons (Fsp3) is 0.238. The lowest BCUT2D eigenvalue weighted by Gasteiger charge is -2.31. The van der Waals surface area contributed by atoms with Gasteiger partial charge in [-0.3, -0.25) is 4.79 Å². The molecule has 0 heterocycles. The van der Waals surface area contributed by atoms with Crippen molar-refractivity contribution in [2.75, 3.05) is 20.3 Å². The van der Waals surface area contributed by atoms with Gasteiger partial charge in [-0.1, -0.05) is 91.9 Å². The SMILES string of the molecule is CC=CC1(OCCCOc2cc(OCc3ccccc3)c(-c3ccc(F)cc3)cc2CC)C=CC=C(C(=O)c2ccccc2C(=O)OC)C1. The Morgan fingerprint density at radius 1 is 0.878 bits per heavy atom. The Balaban J connectivity index is 1.26. The molecular formula is C42H41FO6. The Morgan fingerprint density at radius 2 is 1.61 bits per heavy atom. The molecule has 0 N–H and O–H groups in total. The fourth-order valence-electron chi connectivity index (χ4n) is 5.81. The van der Waals surface area contributed by atoms with E-state index in [4.69, 9.17) is 18.9 Å². The zero-order chi connectivity index (χ0) is 34.6. The maximum absolute atomic E-state index is 13.7. The highest BCUT2D eigenvalue weighted by molar-refractivity contribution is 6.14. The molecule has 1 atom stereocenters. The molecular weight excluding hydrogens is 619 g/mol. The lowest BCUT2D eigenvalue weighted by atomic mass is 9.84. The number of carbonyl (C=O) groups excluding carboxylic acids is 2. The van der Waals surface area contributed by atoms with Crippen molar-refractivity contribution >= 4 is 11.8 Å². The number of rotatable bonds is 15. The molecule has 0 aliphatic heterocycles. The van der Waals surface area contributed by atoms with Crippen LogP contribution in [0.1, 0.15) is 58.5 Å². The molecule has 0 aromatic heterocycles. The molecule has 4 aromatic rings. The summed E-state index contributed by atoms with van der Waals surface area (Å²) in [5.74, 6) is 0.273. The van der Waals surface area contributed by atoms with Gasteiger partial charge < -0.3 is 18.9 Å². The normalized spacial score (nSPS) is 15.6. The standard InChI is InChI=1S/C42H41FO6/c1-4-22-42(23-11-15-33(28-42)40(44)35-16-9-10-17-36(35)41(45)46-3)49-25-12-24-47-38-27-39(48-29-30-13-7-6-8-14-30)37(26-31(38)5-2)32-18-20-34(43)21-19-32/h4,6-11,13-23,26-27H,5,12,24-25,28-29H2,1-3H3. The summed E-state index contributed by atoms with van der Waals surface area (Å²) in [4.78, 5) is 25.9. The van der Waals surface area contributed by atoms with Crippen LogP contribution in [0.2, 0.25) is 0 Å². The van der Waals surface area contributed by atoms with Crippen molar-refractivity contribution in [2.24, 2.45) is 0 Å². The molecule has 1 aliphatic carbocycles. The van der Waals surface area contributed by atoms with Gasteiger partial charge in [-0.15, -0.1) is 0 Å². The number of aryl methyl sites for hydroxylation is 1. The number of hydrogen-bond acceptors (Lipinski definition) is 6. The van der Waals surface area contributed by atoms with Crippen LogP contribution in [0.5, 0.6) is 11.5 Å². The fourth-order valence-corrected chi connectivity index (χ4v) is 5.81. The monoisotopic (exact) mass is 660 g/mol. The maximum atomic E-state index is 13.7. The van der Waals surface area contributed by atoms with Gasteiger partial charge in [0.15, 0.2) is 5.78 Å². The molecule has 0 amide bonds. The second-order valence-corrected chi connectivity index (χ2v) is 11.7. The van der Waals surface area contributed by atoms with Crippen LogP contribution in [0.25, 0.3) is 11.1 Å². The number of methoxy groups -OCH3 is 1. The molecule has 0 bridgehead atoms. The molecule has 0 radical (unpaired) electrons. The van der Waals surface area contributed by atoms with Gasteiger partial charge in [0.25, 0.3) is 0 Å². The molecule has 0 fully saturated rings. The van der Waals surface area contributed by atoms with Crippen LogP contribution >= 0.6 is 0 Å². The number of hydrogen-bond donors (Lipinski definition) is 0. The summed E-state index contributed by atoms with van der Waals surface area (Å²) in [5.41, 5.74) is 4.00. The van der Waals surface area contributed by atoms with Crippen LogP contribution in [-0.2, 0) is 22.5 Å². The third kappa shape index (κ3) is 8.80. The van der Waals surface area contributed by atoms with Crippen molar-refractivity contribution in [2.45, 2.75) is 45.3 Å². The van der Waals surface area contributed by atoms with Gasteiger partial charge in [0, 0.05) is 35.6 Å². The Kier molecular flexibility index (Phi) is 12.0. The Bertz CT molecular complexity index is 1840. The summed E-state index contributed by atoms with van der Waals surface area (Å²) in [6.07, 6.45) is 11.0. The van der Waals surface area contributed by atoms with E-state index >= 15 is 0 Å². The van der Waals surface area contributed by atoms with Gasteiger partial charge in [-0.05, 0) is 60.4 Å². The van der Waals surface area contributed by atoms with E-state index in [2.05, 4.69) is 13.0 Å². The van der Waals surface area contributed by atoms with Crippen molar-refractivity contribution in [3.8, 4) is 22.6 Å². The van der Waals surface area contributed by atoms with Crippen LogP contribution in [0.3, 0.4) is 0 Å². The summed E-state index contributed by atoms with van der Waals surface area (Å²) in [7, 11) is 1.30.